The van der Waals surface area contributed by atoms with E-state index in [1.807, 2.05) is 0 Å². The van der Waals surface area contributed by atoms with Gasteiger partial charge in [0.15, 0.2) is 5.03 Å². The summed E-state index contributed by atoms with van der Waals surface area (Å²) in [5.41, 5.74) is -0.449. The standard InChI is InChI=1S/C8H8N2O4S/c11-6-3-4-7(10-9-6)15(12,13)8-2-1-5-14-8/h2-4H,1,5H2,(H,9,11). The van der Waals surface area contributed by atoms with E-state index in [1.54, 1.807) is 0 Å². The molecule has 2 rings (SSSR count). The first kappa shape index (κ1) is 9.91. The molecule has 15 heavy (non-hydrogen) atoms. The smallest absolute Gasteiger partial charge is 0.264 e. The van der Waals surface area contributed by atoms with Crippen molar-refractivity contribution in [1.29, 1.82) is 0 Å². The van der Waals surface area contributed by atoms with Gasteiger partial charge >= 0.3 is 0 Å². The minimum Gasteiger partial charge on any atom is -0.483 e. The molecule has 7 heteroatoms. The number of nitrogens with zero attached hydrogens (tertiary/aromatic N) is 1. The predicted octanol–water partition coefficient (Wildman–Crippen LogP) is -0.195. The molecule has 0 bridgehead atoms. The van der Waals surface area contributed by atoms with Gasteiger partial charge in [0.25, 0.3) is 15.4 Å². The van der Waals surface area contributed by atoms with E-state index in [1.165, 1.54) is 6.08 Å². The molecule has 1 aromatic rings. The summed E-state index contributed by atoms with van der Waals surface area (Å²) < 4.78 is 28.5. The molecule has 0 saturated carbocycles. The van der Waals surface area contributed by atoms with Gasteiger partial charge in [-0.15, -0.1) is 0 Å². The minimum atomic E-state index is -3.70. The van der Waals surface area contributed by atoms with Crippen LogP contribution in [0.2, 0.25) is 0 Å². The van der Waals surface area contributed by atoms with Gasteiger partial charge in [-0.05, 0) is 12.1 Å². The fourth-order valence-corrected chi connectivity index (χ4v) is 2.36. The van der Waals surface area contributed by atoms with Gasteiger partial charge in [0.2, 0.25) is 5.09 Å². The maximum Gasteiger partial charge on any atom is 0.264 e. The summed E-state index contributed by atoms with van der Waals surface area (Å²) in [5.74, 6) is 0. The molecule has 80 valence electrons. The van der Waals surface area contributed by atoms with Gasteiger partial charge in [-0.25, -0.2) is 13.5 Å². The lowest BCUT2D eigenvalue weighted by atomic mass is 10.5. The normalized spacial score (nSPS) is 15.9. The lowest BCUT2D eigenvalue weighted by Crippen LogP contribution is -2.13. The Morgan fingerprint density at radius 2 is 2.20 bits per heavy atom. The van der Waals surface area contributed by atoms with Crippen molar-refractivity contribution in [1.82, 2.24) is 10.2 Å². The van der Waals surface area contributed by atoms with Crippen molar-refractivity contribution in [2.75, 3.05) is 6.61 Å². The second-order valence-electron chi connectivity index (χ2n) is 2.92. The van der Waals surface area contributed by atoms with E-state index >= 15 is 0 Å². The van der Waals surface area contributed by atoms with Crippen molar-refractivity contribution in [3.63, 3.8) is 0 Å². The van der Waals surface area contributed by atoms with E-state index in [0.29, 0.717) is 13.0 Å². The summed E-state index contributed by atoms with van der Waals surface area (Å²) in [4.78, 5) is 10.7. The molecule has 1 aliphatic heterocycles. The molecule has 0 radical (unpaired) electrons. The van der Waals surface area contributed by atoms with Crippen LogP contribution in [0, 0.1) is 0 Å². The van der Waals surface area contributed by atoms with Crippen LogP contribution in [-0.2, 0) is 14.6 Å². The van der Waals surface area contributed by atoms with E-state index in [0.717, 1.165) is 12.1 Å². The second kappa shape index (κ2) is 3.50. The van der Waals surface area contributed by atoms with Crippen LogP contribution in [0.25, 0.3) is 0 Å². The zero-order chi connectivity index (χ0) is 10.9. The molecular weight excluding hydrogens is 220 g/mol. The van der Waals surface area contributed by atoms with Gasteiger partial charge < -0.3 is 4.74 Å². The Hall–Kier alpha value is -1.63. The fourth-order valence-electron chi connectivity index (χ4n) is 1.17. The Kier molecular flexibility index (Phi) is 2.31. The average Bonchev–Trinajstić information content (AvgIpc) is 2.71. The summed E-state index contributed by atoms with van der Waals surface area (Å²) in [6.45, 7) is 0.359. The van der Waals surface area contributed by atoms with Crippen LogP contribution in [0.5, 0.6) is 0 Å². The fraction of sp³-hybridized carbons (Fsp3) is 0.250. The number of ether oxygens (including phenoxy) is 1. The van der Waals surface area contributed by atoms with Gasteiger partial charge in [0.1, 0.15) is 0 Å². The number of aromatic amines is 1. The second-order valence-corrected chi connectivity index (χ2v) is 4.75. The molecule has 0 aromatic carbocycles. The first-order chi connectivity index (χ1) is 7.10. The van der Waals surface area contributed by atoms with Crippen molar-refractivity contribution >= 4 is 9.84 Å². The van der Waals surface area contributed by atoms with E-state index in [2.05, 4.69) is 10.2 Å². The van der Waals surface area contributed by atoms with E-state index in [-0.39, 0.29) is 10.1 Å². The van der Waals surface area contributed by atoms with Gasteiger partial charge in [-0.1, -0.05) is 0 Å². The van der Waals surface area contributed by atoms with Crippen LogP contribution in [0.3, 0.4) is 0 Å². The molecule has 0 unspecified atom stereocenters. The number of rotatable bonds is 2. The summed E-state index contributed by atoms with van der Waals surface area (Å²) in [6, 6.07) is 2.26. The predicted molar refractivity (Wildman–Crippen MR) is 50.7 cm³/mol. The third kappa shape index (κ3) is 1.78. The van der Waals surface area contributed by atoms with Crippen LogP contribution in [0.4, 0.5) is 0 Å². The zero-order valence-corrected chi connectivity index (χ0v) is 8.45. The highest BCUT2D eigenvalue weighted by atomic mass is 32.2. The molecule has 1 aliphatic rings. The van der Waals surface area contributed by atoms with Gasteiger partial charge in [-0.3, -0.25) is 4.79 Å². The third-order valence-electron chi connectivity index (χ3n) is 1.87. The topological polar surface area (TPSA) is 89.1 Å². The Morgan fingerprint density at radius 1 is 1.40 bits per heavy atom. The van der Waals surface area contributed by atoms with Crippen LogP contribution >= 0.6 is 0 Å². The Balaban J connectivity index is 2.46. The number of hydrogen-bond acceptors (Lipinski definition) is 5. The van der Waals surface area contributed by atoms with Crippen LogP contribution in [-0.4, -0.2) is 25.2 Å². The third-order valence-corrected chi connectivity index (χ3v) is 3.46. The lowest BCUT2D eigenvalue weighted by molar-refractivity contribution is 0.265. The molecule has 6 nitrogen and oxygen atoms in total. The molecule has 0 saturated heterocycles. The van der Waals surface area contributed by atoms with E-state index < -0.39 is 15.4 Å². The maximum absolute atomic E-state index is 11.8. The number of nitrogens with one attached hydrogen (secondary N) is 1. The van der Waals surface area contributed by atoms with Gasteiger partial charge in [-0.2, -0.15) is 5.10 Å². The van der Waals surface area contributed by atoms with Crippen molar-refractivity contribution in [2.24, 2.45) is 0 Å². The van der Waals surface area contributed by atoms with Crippen LogP contribution in [0.15, 0.2) is 33.1 Å². The highest BCUT2D eigenvalue weighted by molar-refractivity contribution is 7.95. The zero-order valence-electron chi connectivity index (χ0n) is 7.63. The molecule has 0 amide bonds. The van der Waals surface area contributed by atoms with Gasteiger partial charge in [0, 0.05) is 12.5 Å². The SMILES string of the molecule is O=c1ccc(S(=O)(=O)C2=CCCO2)n[nH]1. The molecule has 0 fully saturated rings. The van der Waals surface area contributed by atoms with Crippen molar-refractivity contribution in [3.8, 4) is 0 Å². The van der Waals surface area contributed by atoms with Crippen LogP contribution in [0.1, 0.15) is 6.42 Å². The molecule has 1 N–H and O–H groups in total. The van der Waals surface area contributed by atoms with E-state index in [4.69, 9.17) is 4.74 Å². The Labute approximate surface area is 85.5 Å². The van der Waals surface area contributed by atoms with Crippen molar-refractivity contribution in [2.45, 2.75) is 11.4 Å². The minimum absolute atomic E-state index is 0.0953. The highest BCUT2D eigenvalue weighted by Gasteiger charge is 2.26. The maximum atomic E-state index is 11.8. The number of aromatic nitrogens is 2. The highest BCUT2D eigenvalue weighted by Crippen LogP contribution is 2.21. The largest absolute Gasteiger partial charge is 0.483 e. The first-order valence-electron chi connectivity index (χ1n) is 4.24. The summed E-state index contributed by atoms with van der Waals surface area (Å²) in [5, 5.41) is 5.20. The lowest BCUT2D eigenvalue weighted by Gasteiger charge is -2.03. The molecule has 2 heterocycles. The summed E-state index contributed by atoms with van der Waals surface area (Å²) >= 11 is 0. The Morgan fingerprint density at radius 3 is 2.73 bits per heavy atom. The number of H-pyrrole nitrogens is 1. The summed E-state index contributed by atoms with van der Waals surface area (Å²) in [6.07, 6.45) is 2.06. The summed E-state index contributed by atoms with van der Waals surface area (Å²) in [7, 11) is -3.70. The van der Waals surface area contributed by atoms with Crippen LogP contribution < -0.4 is 5.56 Å². The monoisotopic (exact) mass is 228 g/mol. The van der Waals surface area contributed by atoms with E-state index in [9.17, 15) is 13.2 Å². The molecule has 0 aliphatic carbocycles. The van der Waals surface area contributed by atoms with Crippen molar-refractivity contribution < 1.29 is 13.2 Å². The molecule has 0 spiro atoms. The number of hydrogen-bond donors (Lipinski definition) is 1. The molecule has 1 aromatic heterocycles. The first-order valence-corrected chi connectivity index (χ1v) is 5.73. The number of sulfone groups is 1. The Bertz CT molecular complexity index is 538. The molecular formula is C8H8N2O4S. The van der Waals surface area contributed by atoms with Crippen molar-refractivity contribution in [3.05, 3.63) is 33.7 Å². The van der Waals surface area contributed by atoms with Gasteiger partial charge in [0.05, 0.1) is 6.61 Å². The molecule has 0 atom stereocenters. The quantitative estimate of drug-likeness (QED) is 0.757. The average molecular weight is 228 g/mol.